The minimum absolute atomic E-state index is 0.0137. The van der Waals surface area contributed by atoms with E-state index in [1.165, 1.54) is 0 Å². The summed E-state index contributed by atoms with van der Waals surface area (Å²) in [6.45, 7) is 1.97. The van der Waals surface area contributed by atoms with Crippen molar-refractivity contribution in [1.29, 1.82) is 0 Å². The zero-order valence-corrected chi connectivity index (χ0v) is 10.5. The maximum Gasteiger partial charge on any atom is 0.404 e. The van der Waals surface area contributed by atoms with Crippen LogP contribution in [-0.4, -0.2) is 30.5 Å². The average Bonchev–Trinajstić information content (AvgIpc) is 2.28. The molecule has 5 heteroatoms. The van der Waals surface area contributed by atoms with Crippen molar-refractivity contribution in [1.82, 2.24) is 5.32 Å². The Morgan fingerprint density at radius 1 is 1.44 bits per heavy atom. The van der Waals surface area contributed by atoms with Crippen LogP contribution in [0, 0.1) is 6.92 Å². The van der Waals surface area contributed by atoms with Crippen molar-refractivity contribution >= 4 is 6.09 Å². The number of carbonyl (C=O) groups is 1. The summed E-state index contributed by atoms with van der Waals surface area (Å²) in [5.74, 6) is 1.56. The molecule has 2 N–H and O–H groups in total. The van der Waals surface area contributed by atoms with Gasteiger partial charge in [0.15, 0.2) is 0 Å². The Labute approximate surface area is 106 Å². The van der Waals surface area contributed by atoms with E-state index < -0.39 is 6.09 Å². The van der Waals surface area contributed by atoms with Crippen LogP contribution in [0.3, 0.4) is 0 Å². The van der Waals surface area contributed by atoms with Crippen molar-refractivity contribution < 1.29 is 19.4 Å². The smallest absolute Gasteiger partial charge is 0.404 e. The fourth-order valence-electron chi connectivity index (χ4n) is 2.02. The highest BCUT2D eigenvalue weighted by Crippen LogP contribution is 2.29. The van der Waals surface area contributed by atoms with Crippen LogP contribution in [0.5, 0.6) is 11.5 Å². The van der Waals surface area contributed by atoms with Crippen molar-refractivity contribution in [3.05, 3.63) is 23.8 Å². The van der Waals surface area contributed by atoms with Gasteiger partial charge in [-0.15, -0.1) is 0 Å². The second-order valence-corrected chi connectivity index (χ2v) is 4.49. The Morgan fingerprint density at radius 3 is 2.78 bits per heavy atom. The van der Waals surface area contributed by atoms with Gasteiger partial charge in [0.25, 0.3) is 0 Å². The molecule has 1 amide bonds. The van der Waals surface area contributed by atoms with Crippen LogP contribution in [0.2, 0.25) is 0 Å². The molecule has 0 aliphatic heterocycles. The van der Waals surface area contributed by atoms with Gasteiger partial charge in [0.1, 0.15) is 17.6 Å². The third-order valence-electron chi connectivity index (χ3n) is 3.10. The fourth-order valence-corrected chi connectivity index (χ4v) is 2.02. The number of amides is 1. The van der Waals surface area contributed by atoms with Crippen LogP contribution in [0.1, 0.15) is 18.4 Å². The molecule has 0 spiro atoms. The summed E-state index contributed by atoms with van der Waals surface area (Å²) in [7, 11) is 1.63. The number of aryl methyl sites for hydroxylation is 1. The molecule has 0 atom stereocenters. The molecule has 98 valence electrons. The van der Waals surface area contributed by atoms with Crippen LogP contribution >= 0.6 is 0 Å². The molecule has 18 heavy (non-hydrogen) atoms. The first kappa shape index (κ1) is 12.5. The Bertz CT molecular complexity index is 441. The van der Waals surface area contributed by atoms with E-state index in [9.17, 15) is 4.79 Å². The molecule has 0 saturated heterocycles. The van der Waals surface area contributed by atoms with Gasteiger partial charge in [-0.2, -0.15) is 0 Å². The molecule has 0 radical (unpaired) electrons. The van der Waals surface area contributed by atoms with Crippen molar-refractivity contribution in [3.63, 3.8) is 0 Å². The van der Waals surface area contributed by atoms with Crippen LogP contribution in [0.25, 0.3) is 0 Å². The maximum atomic E-state index is 10.4. The van der Waals surface area contributed by atoms with Crippen LogP contribution in [0.4, 0.5) is 4.79 Å². The lowest BCUT2D eigenvalue weighted by atomic mass is 9.89. The van der Waals surface area contributed by atoms with E-state index in [0.29, 0.717) is 12.8 Å². The Kier molecular flexibility index (Phi) is 3.60. The Balaban J connectivity index is 1.86. The van der Waals surface area contributed by atoms with E-state index >= 15 is 0 Å². The predicted octanol–water partition coefficient (Wildman–Crippen LogP) is 2.18. The molecule has 1 aromatic carbocycles. The largest absolute Gasteiger partial charge is 0.496 e. The summed E-state index contributed by atoms with van der Waals surface area (Å²) < 4.78 is 11.0. The summed E-state index contributed by atoms with van der Waals surface area (Å²) in [5.41, 5.74) is 1.06. The first-order chi connectivity index (χ1) is 8.58. The lowest BCUT2D eigenvalue weighted by Gasteiger charge is -2.35. The Morgan fingerprint density at radius 2 is 2.17 bits per heavy atom. The number of hydrogen-bond donors (Lipinski definition) is 2. The van der Waals surface area contributed by atoms with Crippen LogP contribution in [0.15, 0.2) is 18.2 Å². The maximum absolute atomic E-state index is 10.4. The van der Waals surface area contributed by atoms with Gasteiger partial charge in [-0.3, -0.25) is 0 Å². The minimum atomic E-state index is -0.976. The third-order valence-corrected chi connectivity index (χ3v) is 3.10. The summed E-state index contributed by atoms with van der Waals surface area (Å²) in [6, 6.07) is 5.71. The summed E-state index contributed by atoms with van der Waals surface area (Å²) in [5, 5.41) is 11.0. The topological polar surface area (TPSA) is 67.8 Å². The van der Waals surface area contributed by atoms with Gasteiger partial charge in [-0.1, -0.05) is 6.07 Å². The van der Waals surface area contributed by atoms with Gasteiger partial charge in [0, 0.05) is 24.9 Å². The van der Waals surface area contributed by atoms with Crippen LogP contribution < -0.4 is 14.8 Å². The first-order valence-corrected chi connectivity index (χ1v) is 5.89. The van der Waals surface area contributed by atoms with E-state index in [2.05, 4.69) is 5.32 Å². The molecule has 2 rings (SSSR count). The Hall–Kier alpha value is -1.91. The summed E-state index contributed by atoms with van der Waals surface area (Å²) in [6.07, 6.45) is 0.523. The monoisotopic (exact) mass is 251 g/mol. The highest BCUT2D eigenvalue weighted by Gasteiger charge is 2.32. The zero-order chi connectivity index (χ0) is 13.1. The normalized spacial score (nSPS) is 21.9. The van der Waals surface area contributed by atoms with Gasteiger partial charge in [-0.05, 0) is 18.6 Å². The first-order valence-electron chi connectivity index (χ1n) is 5.89. The van der Waals surface area contributed by atoms with Crippen LogP contribution in [-0.2, 0) is 0 Å². The lowest BCUT2D eigenvalue weighted by Crippen LogP contribution is -2.48. The molecule has 5 nitrogen and oxygen atoms in total. The van der Waals surface area contributed by atoms with Crippen molar-refractivity contribution in [2.45, 2.75) is 31.9 Å². The molecular formula is C13H17NO4. The molecule has 1 aliphatic carbocycles. The second kappa shape index (κ2) is 5.16. The van der Waals surface area contributed by atoms with Gasteiger partial charge < -0.3 is 19.9 Å². The van der Waals surface area contributed by atoms with Gasteiger partial charge in [-0.25, -0.2) is 4.79 Å². The number of methoxy groups -OCH3 is 1. The molecule has 0 bridgehead atoms. The SMILES string of the molecule is COc1cc(OC2CC(NC(=O)O)C2)ccc1C. The number of ether oxygens (including phenoxy) is 2. The van der Waals surface area contributed by atoms with Gasteiger partial charge >= 0.3 is 6.09 Å². The lowest BCUT2D eigenvalue weighted by molar-refractivity contribution is 0.0832. The molecule has 0 aromatic heterocycles. The van der Waals surface area contributed by atoms with E-state index in [1.54, 1.807) is 7.11 Å². The standard InChI is InChI=1S/C13H17NO4/c1-8-3-4-10(7-12(8)17-2)18-11-5-9(6-11)14-13(15)16/h3-4,7,9,11,14H,5-6H2,1-2H3,(H,15,16). The van der Waals surface area contributed by atoms with Crippen molar-refractivity contribution in [2.75, 3.05) is 7.11 Å². The number of hydrogen-bond acceptors (Lipinski definition) is 3. The van der Waals surface area contributed by atoms with E-state index in [4.69, 9.17) is 14.6 Å². The van der Waals surface area contributed by atoms with Crippen molar-refractivity contribution in [2.24, 2.45) is 0 Å². The second-order valence-electron chi connectivity index (χ2n) is 4.49. The third kappa shape index (κ3) is 2.85. The van der Waals surface area contributed by atoms with E-state index in [0.717, 1.165) is 17.1 Å². The number of benzene rings is 1. The number of carboxylic acid groups (broad SMARTS) is 1. The molecular weight excluding hydrogens is 234 g/mol. The predicted molar refractivity (Wildman–Crippen MR) is 66.3 cm³/mol. The van der Waals surface area contributed by atoms with Crippen molar-refractivity contribution in [3.8, 4) is 11.5 Å². The summed E-state index contributed by atoms with van der Waals surface area (Å²) >= 11 is 0. The minimum Gasteiger partial charge on any atom is -0.496 e. The van der Waals surface area contributed by atoms with E-state index in [-0.39, 0.29) is 12.1 Å². The van der Waals surface area contributed by atoms with Gasteiger partial charge in [0.2, 0.25) is 0 Å². The molecule has 1 fully saturated rings. The zero-order valence-electron chi connectivity index (χ0n) is 10.5. The molecule has 1 aromatic rings. The fraction of sp³-hybridized carbons (Fsp3) is 0.462. The number of rotatable bonds is 4. The molecule has 1 saturated carbocycles. The highest BCUT2D eigenvalue weighted by molar-refractivity contribution is 5.65. The average molecular weight is 251 g/mol. The number of nitrogens with one attached hydrogen (secondary N) is 1. The quantitative estimate of drug-likeness (QED) is 0.860. The summed E-state index contributed by atoms with van der Waals surface area (Å²) in [4.78, 5) is 10.4. The van der Waals surface area contributed by atoms with E-state index in [1.807, 2.05) is 25.1 Å². The highest BCUT2D eigenvalue weighted by atomic mass is 16.5. The van der Waals surface area contributed by atoms with Gasteiger partial charge in [0.05, 0.1) is 7.11 Å². The molecule has 0 heterocycles. The molecule has 0 unspecified atom stereocenters. The molecule has 1 aliphatic rings.